The third kappa shape index (κ3) is 3.36. The van der Waals surface area contributed by atoms with Crippen LogP contribution < -0.4 is 10.5 Å². The largest absolute Gasteiger partial charge is 0.398 e. The molecule has 0 saturated heterocycles. The summed E-state index contributed by atoms with van der Waals surface area (Å²) in [6.07, 6.45) is 2.27. The smallest absolute Gasteiger partial charge is 0.241 e. The summed E-state index contributed by atoms with van der Waals surface area (Å²) in [5, 5.41) is 0. The maximum atomic E-state index is 12.5. The van der Waals surface area contributed by atoms with Gasteiger partial charge < -0.3 is 5.73 Å². The minimum Gasteiger partial charge on any atom is -0.398 e. The van der Waals surface area contributed by atoms with E-state index in [1.165, 1.54) is 0 Å². The summed E-state index contributed by atoms with van der Waals surface area (Å²) in [7, 11) is -3.57. The van der Waals surface area contributed by atoms with E-state index in [4.69, 9.17) is 5.73 Å². The molecule has 106 valence electrons. The molecule has 3 N–H and O–H groups in total. The highest BCUT2D eigenvalue weighted by Gasteiger charge is 2.23. The van der Waals surface area contributed by atoms with Gasteiger partial charge in [0, 0.05) is 11.7 Å². The third-order valence-electron chi connectivity index (χ3n) is 3.22. The number of aryl methyl sites for hydroxylation is 1. The molecule has 0 saturated carbocycles. The first-order chi connectivity index (χ1) is 8.70. The van der Waals surface area contributed by atoms with Gasteiger partial charge in [-0.3, -0.25) is 0 Å². The summed E-state index contributed by atoms with van der Waals surface area (Å²) in [5.41, 5.74) is 8.58. The van der Waals surface area contributed by atoms with Crippen LogP contribution in [0.1, 0.15) is 30.0 Å². The van der Waals surface area contributed by atoms with Gasteiger partial charge in [-0.05, 0) is 56.9 Å². The van der Waals surface area contributed by atoms with E-state index in [1.807, 2.05) is 13.8 Å². The molecule has 4 nitrogen and oxygen atoms in total. The van der Waals surface area contributed by atoms with Crippen molar-refractivity contribution < 1.29 is 8.42 Å². The molecule has 1 aromatic carbocycles. The maximum Gasteiger partial charge on any atom is 0.241 e. The van der Waals surface area contributed by atoms with Crippen molar-refractivity contribution in [3.63, 3.8) is 0 Å². The van der Waals surface area contributed by atoms with Crippen LogP contribution in [0, 0.1) is 20.8 Å². The van der Waals surface area contributed by atoms with Gasteiger partial charge in [0.2, 0.25) is 10.0 Å². The van der Waals surface area contributed by atoms with Crippen molar-refractivity contribution in [3.8, 4) is 0 Å². The molecule has 0 amide bonds. The molecule has 0 radical (unpaired) electrons. The molecular weight excluding hydrogens is 260 g/mol. The first-order valence-electron chi connectivity index (χ1n) is 6.20. The van der Waals surface area contributed by atoms with Gasteiger partial charge in [0.05, 0.1) is 4.90 Å². The maximum absolute atomic E-state index is 12.5. The van der Waals surface area contributed by atoms with Gasteiger partial charge in [0.1, 0.15) is 0 Å². The van der Waals surface area contributed by atoms with Crippen LogP contribution in [0.3, 0.4) is 0 Å². The van der Waals surface area contributed by atoms with Gasteiger partial charge in [0.25, 0.3) is 0 Å². The Balaban J connectivity index is 3.33. The molecule has 0 spiro atoms. The van der Waals surface area contributed by atoms with Crippen molar-refractivity contribution in [2.24, 2.45) is 0 Å². The second kappa shape index (κ2) is 5.75. The Morgan fingerprint density at radius 3 is 2.47 bits per heavy atom. The molecule has 0 aromatic heterocycles. The molecule has 19 heavy (non-hydrogen) atoms. The van der Waals surface area contributed by atoms with E-state index in [0.717, 1.165) is 11.1 Å². The van der Waals surface area contributed by atoms with Crippen molar-refractivity contribution in [3.05, 3.63) is 35.4 Å². The summed E-state index contributed by atoms with van der Waals surface area (Å²) in [5.74, 6) is 0. The van der Waals surface area contributed by atoms with E-state index in [9.17, 15) is 8.42 Å². The molecule has 0 fully saturated rings. The molecular formula is C14H22N2O2S. The topological polar surface area (TPSA) is 72.2 Å². The van der Waals surface area contributed by atoms with E-state index < -0.39 is 10.0 Å². The van der Waals surface area contributed by atoms with Crippen LogP contribution in [0.4, 0.5) is 5.69 Å². The van der Waals surface area contributed by atoms with Crippen molar-refractivity contribution >= 4 is 15.7 Å². The molecule has 1 unspecified atom stereocenters. The zero-order valence-electron chi connectivity index (χ0n) is 11.9. The van der Waals surface area contributed by atoms with Crippen molar-refractivity contribution in [1.82, 2.24) is 4.72 Å². The highest BCUT2D eigenvalue weighted by molar-refractivity contribution is 7.89. The van der Waals surface area contributed by atoms with E-state index in [1.54, 1.807) is 26.0 Å². The van der Waals surface area contributed by atoms with E-state index >= 15 is 0 Å². The SMILES string of the molecule is C=CCC(C)NS(=O)(=O)c1c(C)c(C)cc(N)c1C. The highest BCUT2D eigenvalue weighted by atomic mass is 32.2. The summed E-state index contributed by atoms with van der Waals surface area (Å²) >= 11 is 0. The van der Waals surface area contributed by atoms with Crippen LogP contribution in [-0.2, 0) is 10.0 Å². The molecule has 1 rings (SSSR count). The van der Waals surface area contributed by atoms with E-state index in [2.05, 4.69) is 11.3 Å². The number of anilines is 1. The fourth-order valence-electron chi connectivity index (χ4n) is 2.07. The Kier molecular flexibility index (Phi) is 4.76. The zero-order chi connectivity index (χ0) is 14.8. The first-order valence-corrected chi connectivity index (χ1v) is 7.68. The second-order valence-corrected chi connectivity index (χ2v) is 6.56. The van der Waals surface area contributed by atoms with Gasteiger partial charge in [0.15, 0.2) is 0 Å². The van der Waals surface area contributed by atoms with Gasteiger partial charge in [-0.15, -0.1) is 6.58 Å². The van der Waals surface area contributed by atoms with Crippen molar-refractivity contribution in [1.29, 1.82) is 0 Å². The number of nitrogen functional groups attached to an aromatic ring is 1. The molecule has 0 heterocycles. The van der Waals surface area contributed by atoms with Crippen LogP contribution in [0.2, 0.25) is 0 Å². The minimum atomic E-state index is -3.57. The van der Waals surface area contributed by atoms with Gasteiger partial charge in [-0.2, -0.15) is 0 Å². The number of hydrogen-bond donors (Lipinski definition) is 2. The van der Waals surface area contributed by atoms with E-state index in [-0.39, 0.29) is 6.04 Å². The second-order valence-electron chi connectivity index (χ2n) is 4.91. The minimum absolute atomic E-state index is 0.192. The number of rotatable bonds is 5. The lowest BCUT2D eigenvalue weighted by Gasteiger charge is -2.18. The van der Waals surface area contributed by atoms with Gasteiger partial charge in [-0.1, -0.05) is 6.08 Å². The predicted octanol–water partition coefficient (Wildman–Crippen LogP) is 2.44. The van der Waals surface area contributed by atoms with Crippen LogP contribution in [0.5, 0.6) is 0 Å². The molecule has 0 aliphatic carbocycles. The number of hydrogen-bond acceptors (Lipinski definition) is 3. The van der Waals surface area contributed by atoms with Gasteiger partial charge in [-0.25, -0.2) is 13.1 Å². The summed E-state index contributed by atoms with van der Waals surface area (Å²) in [6, 6.07) is 1.61. The zero-order valence-corrected chi connectivity index (χ0v) is 12.8. The highest BCUT2D eigenvalue weighted by Crippen LogP contribution is 2.27. The Morgan fingerprint density at radius 1 is 1.37 bits per heavy atom. The van der Waals surface area contributed by atoms with Gasteiger partial charge >= 0.3 is 0 Å². The molecule has 0 aliphatic rings. The standard InChI is InChI=1S/C14H22N2O2S/c1-6-7-10(3)16-19(17,18)14-11(4)9(2)8-13(15)12(14)5/h6,8,10,16H,1,7,15H2,2-5H3. The molecule has 5 heteroatoms. The van der Waals surface area contributed by atoms with Crippen LogP contribution in [-0.4, -0.2) is 14.5 Å². The first kappa shape index (κ1) is 15.7. The number of nitrogens with one attached hydrogen (secondary N) is 1. The van der Waals surface area contributed by atoms with Crippen LogP contribution >= 0.6 is 0 Å². The normalized spacial score (nSPS) is 13.3. The molecule has 0 bridgehead atoms. The fourth-order valence-corrected chi connectivity index (χ4v) is 3.89. The number of nitrogens with two attached hydrogens (primary N) is 1. The third-order valence-corrected chi connectivity index (χ3v) is 5.09. The Bertz CT molecular complexity index is 566. The van der Waals surface area contributed by atoms with Crippen molar-refractivity contribution in [2.75, 3.05) is 5.73 Å². The molecule has 1 atom stereocenters. The summed E-state index contributed by atoms with van der Waals surface area (Å²) in [4.78, 5) is 0.293. The Hall–Kier alpha value is -1.33. The lowest BCUT2D eigenvalue weighted by atomic mass is 10.1. The predicted molar refractivity (Wildman–Crippen MR) is 79.7 cm³/mol. The summed E-state index contributed by atoms with van der Waals surface area (Å²) < 4.78 is 27.6. The monoisotopic (exact) mass is 282 g/mol. The fraction of sp³-hybridized carbons (Fsp3) is 0.429. The summed E-state index contributed by atoms with van der Waals surface area (Å²) in [6.45, 7) is 10.8. The lowest BCUT2D eigenvalue weighted by Crippen LogP contribution is -2.33. The average Bonchev–Trinajstić information content (AvgIpc) is 2.25. The average molecular weight is 282 g/mol. The van der Waals surface area contributed by atoms with Crippen molar-refractivity contribution in [2.45, 2.75) is 45.1 Å². The number of sulfonamides is 1. The number of benzene rings is 1. The molecule has 1 aromatic rings. The lowest BCUT2D eigenvalue weighted by molar-refractivity contribution is 0.561. The van der Waals surface area contributed by atoms with Crippen LogP contribution in [0.25, 0.3) is 0 Å². The Morgan fingerprint density at radius 2 is 1.95 bits per heavy atom. The molecule has 0 aliphatic heterocycles. The Labute approximate surface area is 115 Å². The van der Waals surface area contributed by atoms with E-state index in [0.29, 0.717) is 22.6 Å². The quantitative estimate of drug-likeness (QED) is 0.643. The van der Waals surface area contributed by atoms with Crippen LogP contribution in [0.15, 0.2) is 23.6 Å².